The third-order valence-corrected chi connectivity index (χ3v) is 3.06. The number of methoxy groups -OCH3 is 1. The van der Waals surface area contributed by atoms with Crippen LogP contribution in [0.5, 0.6) is 5.75 Å². The summed E-state index contributed by atoms with van der Waals surface area (Å²) in [6.07, 6.45) is 1.27. The molecular weight excluding hydrogens is 260 g/mol. The van der Waals surface area contributed by atoms with Crippen molar-refractivity contribution < 1.29 is 14.6 Å². The van der Waals surface area contributed by atoms with E-state index in [9.17, 15) is 9.59 Å². The Morgan fingerprint density at radius 2 is 2.10 bits per heavy atom. The zero-order valence-corrected chi connectivity index (χ0v) is 10.5. The van der Waals surface area contributed by atoms with Gasteiger partial charge in [0.05, 0.1) is 23.6 Å². The number of hydrogen-bond donors (Lipinski definition) is 1. The first-order valence-electron chi connectivity index (χ1n) is 5.83. The predicted octanol–water partition coefficient (Wildman–Crippen LogP) is 1.55. The third kappa shape index (κ3) is 1.78. The summed E-state index contributed by atoms with van der Waals surface area (Å²) < 4.78 is 6.33. The first-order valence-corrected chi connectivity index (χ1v) is 5.83. The maximum absolute atomic E-state index is 12.4. The number of ether oxygens (including phenoxy) is 1. The summed E-state index contributed by atoms with van der Waals surface area (Å²) in [6.45, 7) is 0. The SMILES string of the molecule is COc1ccc2c(=O)n3cc(C(=O)O)ccc3nc2c1. The van der Waals surface area contributed by atoms with Crippen LogP contribution in [0, 0.1) is 0 Å². The molecule has 100 valence electrons. The number of hydrogen-bond acceptors (Lipinski definition) is 4. The highest BCUT2D eigenvalue weighted by Crippen LogP contribution is 2.17. The molecule has 6 heteroatoms. The Morgan fingerprint density at radius 1 is 1.30 bits per heavy atom. The van der Waals surface area contributed by atoms with Crippen LogP contribution >= 0.6 is 0 Å². The van der Waals surface area contributed by atoms with E-state index in [0.29, 0.717) is 22.3 Å². The Kier molecular flexibility index (Phi) is 2.64. The lowest BCUT2D eigenvalue weighted by molar-refractivity contribution is 0.0696. The van der Waals surface area contributed by atoms with Crippen LogP contribution < -0.4 is 10.3 Å². The molecule has 0 unspecified atom stereocenters. The smallest absolute Gasteiger partial charge is 0.337 e. The lowest BCUT2D eigenvalue weighted by Crippen LogP contribution is -2.16. The maximum Gasteiger partial charge on any atom is 0.337 e. The largest absolute Gasteiger partial charge is 0.497 e. The van der Waals surface area contributed by atoms with Gasteiger partial charge < -0.3 is 9.84 Å². The van der Waals surface area contributed by atoms with Gasteiger partial charge in [-0.3, -0.25) is 9.20 Å². The Morgan fingerprint density at radius 3 is 2.80 bits per heavy atom. The van der Waals surface area contributed by atoms with Gasteiger partial charge in [0.1, 0.15) is 11.4 Å². The molecular formula is C14H10N2O4. The number of rotatable bonds is 2. The topological polar surface area (TPSA) is 80.9 Å². The van der Waals surface area contributed by atoms with Crippen molar-refractivity contribution in [1.29, 1.82) is 0 Å². The molecule has 20 heavy (non-hydrogen) atoms. The lowest BCUT2D eigenvalue weighted by Gasteiger charge is -2.05. The minimum absolute atomic E-state index is 0.0364. The van der Waals surface area contributed by atoms with Crippen molar-refractivity contribution in [2.45, 2.75) is 0 Å². The summed E-state index contributed by atoms with van der Waals surface area (Å²) in [6, 6.07) is 7.87. The highest BCUT2D eigenvalue weighted by Gasteiger charge is 2.09. The fraction of sp³-hybridized carbons (Fsp3) is 0.0714. The van der Waals surface area contributed by atoms with Crippen LogP contribution in [0.3, 0.4) is 0 Å². The first-order chi connectivity index (χ1) is 9.60. The molecule has 0 bridgehead atoms. The summed E-state index contributed by atoms with van der Waals surface area (Å²) in [5.74, 6) is -0.482. The van der Waals surface area contributed by atoms with Gasteiger partial charge >= 0.3 is 5.97 Å². The summed E-state index contributed by atoms with van der Waals surface area (Å²) in [5, 5.41) is 9.37. The molecule has 0 amide bonds. The van der Waals surface area contributed by atoms with Crippen LogP contribution in [-0.4, -0.2) is 27.6 Å². The van der Waals surface area contributed by atoms with Gasteiger partial charge in [-0.2, -0.15) is 0 Å². The van der Waals surface area contributed by atoms with Crippen LogP contribution in [0.2, 0.25) is 0 Å². The van der Waals surface area contributed by atoms with Crippen LogP contribution in [0.1, 0.15) is 10.4 Å². The molecule has 0 aliphatic carbocycles. The second-order valence-corrected chi connectivity index (χ2v) is 4.25. The van der Waals surface area contributed by atoms with Crippen molar-refractivity contribution in [2.24, 2.45) is 0 Å². The Hall–Kier alpha value is -2.89. The highest BCUT2D eigenvalue weighted by atomic mass is 16.5. The monoisotopic (exact) mass is 270 g/mol. The van der Waals surface area contributed by atoms with E-state index in [1.54, 1.807) is 18.2 Å². The van der Waals surface area contributed by atoms with Crippen LogP contribution in [0.15, 0.2) is 41.3 Å². The number of aromatic nitrogens is 2. The molecule has 0 aliphatic heterocycles. The first kappa shape index (κ1) is 12.2. The molecule has 0 atom stereocenters. The number of carboxylic acids is 1. The van der Waals surface area contributed by atoms with Gasteiger partial charge in [-0.1, -0.05) is 0 Å². The van der Waals surface area contributed by atoms with Crippen molar-refractivity contribution in [3.8, 4) is 5.75 Å². The third-order valence-electron chi connectivity index (χ3n) is 3.06. The molecule has 0 fully saturated rings. The highest BCUT2D eigenvalue weighted by molar-refractivity contribution is 5.88. The maximum atomic E-state index is 12.4. The van der Waals surface area contributed by atoms with E-state index in [-0.39, 0.29) is 11.1 Å². The number of nitrogens with zero attached hydrogens (tertiary/aromatic N) is 2. The zero-order chi connectivity index (χ0) is 14.3. The van der Waals surface area contributed by atoms with Gasteiger partial charge in [0.2, 0.25) is 0 Å². The number of carboxylic acid groups (broad SMARTS) is 1. The molecule has 6 nitrogen and oxygen atoms in total. The average molecular weight is 270 g/mol. The van der Waals surface area contributed by atoms with Crippen LogP contribution in [-0.2, 0) is 0 Å². The van der Waals surface area contributed by atoms with E-state index in [1.165, 1.54) is 29.8 Å². The second-order valence-electron chi connectivity index (χ2n) is 4.25. The molecule has 2 heterocycles. The molecule has 2 aromatic heterocycles. The summed E-state index contributed by atoms with van der Waals surface area (Å²) in [4.78, 5) is 27.6. The van der Waals surface area contributed by atoms with Crippen molar-refractivity contribution in [2.75, 3.05) is 7.11 Å². The average Bonchev–Trinajstić information content (AvgIpc) is 2.46. The zero-order valence-electron chi connectivity index (χ0n) is 10.5. The number of benzene rings is 1. The molecule has 3 aromatic rings. The molecule has 0 aliphatic rings. The van der Waals surface area contributed by atoms with E-state index >= 15 is 0 Å². The lowest BCUT2D eigenvalue weighted by atomic mass is 10.2. The number of pyridine rings is 1. The number of carbonyl (C=O) groups is 1. The minimum atomic E-state index is -1.09. The van der Waals surface area contributed by atoms with Gasteiger partial charge in [0, 0.05) is 12.3 Å². The second kappa shape index (κ2) is 4.34. The fourth-order valence-corrected chi connectivity index (χ4v) is 2.04. The van der Waals surface area contributed by atoms with Crippen LogP contribution in [0.25, 0.3) is 16.6 Å². The summed E-state index contributed by atoms with van der Waals surface area (Å²) in [7, 11) is 1.54. The van der Waals surface area contributed by atoms with E-state index in [0.717, 1.165) is 0 Å². The number of fused-ring (bicyclic) bond motifs is 2. The summed E-state index contributed by atoms with van der Waals surface area (Å²) in [5.41, 5.74) is 0.628. The van der Waals surface area contributed by atoms with Gasteiger partial charge in [-0.05, 0) is 24.3 Å². The number of aromatic carboxylic acids is 1. The summed E-state index contributed by atoms with van der Waals surface area (Å²) >= 11 is 0. The van der Waals surface area contributed by atoms with E-state index < -0.39 is 5.97 Å². The van der Waals surface area contributed by atoms with E-state index in [2.05, 4.69) is 4.98 Å². The Balaban J connectivity index is 2.40. The van der Waals surface area contributed by atoms with E-state index in [1.807, 2.05) is 0 Å². The van der Waals surface area contributed by atoms with Crippen molar-refractivity contribution in [1.82, 2.24) is 9.38 Å². The van der Waals surface area contributed by atoms with Crippen LogP contribution in [0.4, 0.5) is 0 Å². The molecule has 0 spiro atoms. The molecule has 3 rings (SSSR count). The predicted molar refractivity (Wildman–Crippen MR) is 72.5 cm³/mol. The normalized spacial score (nSPS) is 10.8. The van der Waals surface area contributed by atoms with Crippen molar-refractivity contribution in [3.05, 3.63) is 52.4 Å². The van der Waals surface area contributed by atoms with Gasteiger partial charge in [-0.25, -0.2) is 9.78 Å². The van der Waals surface area contributed by atoms with Gasteiger partial charge in [-0.15, -0.1) is 0 Å². The van der Waals surface area contributed by atoms with E-state index in [4.69, 9.17) is 9.84 Å². The fourth-order valence-electron chi connectivity index (χ4n) is 2.04. The Bertz CT molecular complexity index is 899. The van der Waals surface area contributed by atoms with Crippen molar-refractivity contribution in [3.63, 3.8) is 0 Å². The molecule has 0 saturated carbocycles. The van der Waals surface area contributed by atoms with Gasteiger partial charge in [0.15, 0.2) is 0 Å². The Labute approximate surface area is 112 Å². The van der Waals surface area contributed by atoms with Crippen molar-refractivity contribution >= 4 is 22.5 Å². The molecule has 0 radical (unpaired) electrons. The quantitative estimate of drug-likeness (QED) is 0.714. The van der Waals surface area contributed by atoms with Gasteiger partial charge in [0.25, 0.3) is 5.56 Å². The standard InChI is InChI=1S/C14H10N2O4/c1-20-9-3-4-10-11(6-9)15-12-5-2-8(14(18)19)7-16(12)13(10)17/h2-7H,1H3,(H,18,19). The molecule has 1 N–H and O–H groups in total. The molecule has 0 saturated heterocycles. The molecule has 1 aromatic carbocycles. The minimum Gasteiger partial charge on any atom is -0.497 e.